The summed E-state index contributed by atoms with van der Waals surface area (Å²) in [5, 5.41) is 0.596. The molecule has 1 saturated heterocycles. The van der Waals surface area contributed by atoms with Crippen LogP contribution in [0, 0.1) is 12.8 Å². The number of amides is 2. The second-order valence-electron chi connectivity index (χ2n) is 8.76. The van der Waals surface area contributed by atoms with E-state index in [-0.39, 0.29) is 49.9 Å². The molecule has 2 amide bonds. The fourth-order valence-electron chi connectivity index (χ4n) is 4.80. The summed E-state index contributed by atoms with van der Waals surface area (Å²) in [6.45, 7) is 1.83. The van der Waals surface area contributed by atoms with Crippen molar-refractivity contribution in [3.8, 4) is 16.9 Å². The third-order valence-electron chi connectivity index (χ3n) is 6.52. The summed E-state index contributed by atoms with van der Waals surface area (Å²) in [6, 6.07) is 7.60. The number of likely N-dealkylation sites (tertiary alicyclic amines) is 1. The van der Waals surface area contributed by atoms with Gasteiger partial charge in [-0.2, -0.15) is 0 Å². The number of halogens is 2. The molecule has 2 atom stereocenters. The second-order valence-corrected chi connectivity index (χ2v) is 10.3. The Labute approximate surface area is 200 Å². The molecule has 0 unspecified atom stereocenters. The highest BCUT2D eigenvalue weighted by molar-refractivity contribution is 7.19. The zero-order valence-electron chi connectivity index (χ0n) is 18.3. The van der Waals surface area contributed by atoms with Gasteiger partial charge in [0, 0.05) is 46.0 Å². The van der Waals surface area contributed by atoms with Gasteiger partial charge >= 0.3 is 0 Å². The van der Waals surface area contributed by atoms with E-state index < -0.39 is 0 Å². The van der Waals surface area contributed by atoms with Gasteiger partial charge in [-0.1, -0.05) is 11.6 Å². The number of aromatic nitrogens is 1. The number of carbonyl (C=O) groups is 2. The van der Waals surface area contributed by atoms with E-state index >= 15 is 0 Å². The van der Waals surface area contributed by atoms with Gasteiger partial charge in [0.2, 0.25) is 11.8 Å². The minimum atomic E-state index is -0.381. The van der Waals surface area contributed by atoms with Crippen LogP contribution in [0.15, 0.2) is 30.5 Å². The molecule has 8 heteroatoms. The van der Waals surface area contributed by atoms with Crippen molar-refractivity contribution in [2.45, 2.75) is 51.7 Å². The van der Waals surface area contributed by atoms with Crippen LogP contribution in [0.5, 0.6) is 5.75 Å². The molecule has 2 aromatic heterocycles. The Kier molecular flexibility index (Phi) is 6.10. The number of aryl methyl sites for hydroxylation is 1. The molecule has 1 aromatic carbocycles. The number of thiophene rings is 1. The zero-order chi connectivity index (χ0) is 23.1. The predicted molar refractivity (Wildman–Crippen MR) is 127 cm³/mol. The normalized spacial score (nSPS) is 20.9. The van der Waals surface area contributed by atoms with Gasteiger partial charge in [-0.25, -0.2) is 0 Å². The van der Waals surface area contributed by atoms with Gasteiger partial charge in [0.05, 0.1) is 23.4 Å². The third-order valence-corrected chi connectivity index (χ3v) is 7.88. The lowest BCUT2D eigenvalue weighted by atomic mass is 10.0. The third kappa shape index (κ3) is 4.24. The Hall–Kier alpha value is -2.51. The molecule has 2 aliphatic rings. The van der Waals surface area contributed by atoms with Crippen molar-refractivity contribution in [3.63, 3.8) is 0 Å². The summed E-state index contributed by atoms with van der Waals surface area (Å²) in [6.07, 6.45) is 4.77. The summed E-state index contributed by atoms with van der Waals surface area (Å²) < 4.78 is 20.9. The van der Waals surface area contributed by atoms with E-state index in [0.29, 0.717) is 5.02 Å². The summed E-state index contributed by atoms with van der Waals surface area (Å²) in [4.78, 5) is 30.8. The highest BCUT2D eigenvalue weighted by Crippen LogP contribution is 2.43. The van der Waals surface area contributed by atoms with Crippen LogP contribution >= 0.6 is 22.9 Å². The van der Waals surface area contributed by atoms with Crippen LogP contribution in [0.3, 0.4) is 0 Å². The highest BCUT2D eigenvalue weighted by atomic mass is 35.5. The van der Waals surface area contributed by atoms with E-state index in [2.05, 4.69) is 4.98 Å². The van der Waals surface area contributed by atoms with Crippen molar-refractivity contribution < 1.29 is 18.7 Å². The van der Waals surface area contributed by atoms with Gasteiger partial charge in [-0.15, -0.1) is 11.3 Å². The topological polar surface area (TPSA) is 59.5 Å². The first-order valence-corrected chi connectivity index (χ1v) is 12.4. The minimum absolute atomic E-state index is 0.0886. The number of hydrogen-bond acceptors (Lipinski definition) is 5. The van der Waals surface area contributed by atoms with Crippen molar-refractivity contribution in [1.29, 1.82) is 0 Å². The van der Waals surface area contributed by atoms with Crippen molar-refractivity contribution in [3.05, 3.63) is 45.9 Å². The first-order valence-electron chi connectivity index (χ1n) is 11.2. The van der Waals surface area contributed by atoms with Crippen molar-refractivity contribution >= 4 is 45.0 Å². The second kappa shape index (κ2) is 9.03. The summed E-state index contributed by atoms with van der Waals surface area (Å²) >= 11 is 7.95. The first-order chi connectivity index (χ1) is 15.9. The molecule has 1 saturated carbocycles. The maximum Gasteiger partial charge on any atom is 0.230 e. The number of alkyl halides is 1. The summed E-state index contributed by atoms with van der Waals surface area (Å²) in [5.41, 5.74) is 3.46. The van der Waals surface area contributed by atoms with Gasteiger partial charge in [0.15, 0.2) is 0 Å². The lowest BCUT2D eigenvalue weighted by Gasteiger charge is -2.23. The van der Waals surface area contributed by atoms with Crippen LogP contribution in [0.25, 0.3) is 21.3 Å². The fraction of sp³-hybridized carbons (Fsp3) is 0.400. The summed E-state index contributed by atoms with van der Waals surface area (Å²) in [7, 11) is 0. The molecule has 5 rings (SSSR count). The van der Waals surface area contributed by atoms with Crippen LogP contribution < -0.4 is 4.74 Å². The van der Waals surface area contributed by atoms with Gasteiger partial charge < -0.3 is 4.74 Å². The molecule has 0 N–H and O–H groups in total. The van der Waals surface area contributed by atoms with E-state index in [1.54, 1.807) is 6.20 Å². The van der Waals surface area contributed by atoms with E-state index in [9.17, 15) is 14.0 Å². The fourth-order valence-corrected chi connectivity index (χ4v) is 6.21. The van der Waals surface area contributed by atoms with Crippen LogP contribution in [0.4, 0.5) is 4.39 Å². The largest absolute Gasteiger partial charge is 0.489 e. The van der Waals surface area contributed by atoms with Crippen molar-refractivity contribution in [2.24, 2.45) is 5.92 Å². The zero-order valence-corrected chi connectivity index (χ0v) is 19.8. The lowest BCUT2D eigenvalue weighted by Crippen LogP contribution is -2.27. The van der Waals surface area contributed by atoms with Gasteiger partial charge in [0.25, 0.3) is 0 Å². The minimum Gasteiger partial charge on any atom is -0.489 e. The van der Waals surface area contributed by atoms with Crippen LogP contribution in [-0.4, -0.2) is 34.5 Å². The molecule has 1 aliphatic carbocycles. The maximum absolute atomic E-state index is 13.5. The van der Waals surface area contributed by atoms with Crippen LogP contribution in [0.1, 0.15) is 42.5 Å². The molecule has 3 aromatic rings. The standard InChI is InChI=1S/C25H24ClFN2O3S/c1-14-9-16(26)10-19(24(14)32-21-4-2-3-15(21)12-27)18-7-8-28-20-11-17(33-25(18)20)13-29-22(30)5-6-23(29)31/h7-11,15,21H,2-6,12-13H2,1H3/t15-,21-/m1/s1. The lowest BCUT2D eigenvalue weighted by molar-refractivity contribution is -0.138. The Bertz CT molecular complexity index is 1230. The molecule has 33 heavy (non-hydrogen) atoms. The molecule has 0 spiro atoms. The smallest absolute Gasteiger partial charge is 0.230 e. The molecule has 0 radical (unpaired) electrons. The molecular formula is C25H24ClFN2O3S. The number of fused-ring (bicyclic) bond motifs is 1. The maximum atomic E-state index is 13.5. The first kappa shape index (κ1) is 22.3. The molecule has 5 nitrogen and oxygen atoms in total. The Morgan fingerprint density at radius 2 is 1.97 bits per heavy atom. The average Bonchev–Trinajstić information content (AvgIpc) is 3.50. The number of carbonyl (C=O) groups excluding carboxylic acids is 2. The number of nitrogens with zero attached hydrogens (tertiary/aromatic N) is 2. The van der Waals surface area contributed by atoms with Crippen LogP contribution in [0.2, 0.25) is 5.02 Å². The molecule has 0 bridgehead atoms. The highest BCUT2D eigenvalue weighted by Gasteiger charge is 2.31. The molecule has 172 valence electrons. The quantitative estimate of drug-likeness (QED) is 0.395. The molecule has 3 heterocycles. The number of hydrogen-bond donors (Lipinski definition) is 0. The van der Waals surface area contributed by atoms with E-state index in [0.717, 1.165) is 56.8 Å². The Balaban J connectivity index is 1.55. The molecule has 1 aliphatic heterocycles. The Morgan fingerprint density at radius 3 is 2.73 bits per heavy atom. The molecular weight excluding hydrogens is 463 g/mol. The average molecular weight is 487 g/mol. The number of imide groups is 1. The van der Waals surface area contributed by atoms with Gasteiger partial charge in [-0.3, -0.25) is 23.9 Å². The summed E-state index contributed by atoms with van der Waals surface area (Å²) in [5.74, 6) is 0.364. The van der Waals surface area contributed by atoms with Gasteiger partial charge in [0.1, 0.15) is 11.9 Å². The van der Waals surface area contributed by atoms with Crippen LogP contribution in [-0.2, 0) is 16.1 Å². The number of rotatable bonds is 6. The number of pyridine rings is 1. The number of benzene rings is 1. The van der Waals surface area contributed by atoms with Crippen molar-refractivity contribution in [2.75, 3.05) is 6.67 Å². The Morgan fingerprint density at radius 1 is 1.18 bits per heavy atom. The van der Waals surface area contributed by atoms with E-state index in [1.165, 1.54) is 16.2 Å². The monoisotopic (exact) mass is 486 g/mol. The predicted octanol–water partition coefficient (Wildman–Crippen LogP) is 6.09. The SMILES string of the molecule is Cc1cc(Cl)cc(-c2ccnc3cc(CN4C(=O)CCC4=O)sc23)c1O[C@@H]1CCC[C@@H]1CF. The van der Waals surface area contributed by atoms with Crippen molar-refractivity contribution in [1.82, 2.24) is 9.88 Å². The van der Waals surface area contributed by atoms with E-state index in [4.69, 9.17) is 16.3 Å². The molecule has 2 fully saturated rings. The van der Waals surface area contributed by atoms with Gasteiger partial charge in [-0.05, 0) is 56.0 Å². The number of ether oxygens (including phenoxy) is 1. The van der Waals surface area contributed by atoms with E-state index in [1.807, 2.05) is 31.2 Å².